The smallest absolute Gasteiger partial charge is 0.254 e. The first-order valence-corrected chi connectivity index (χ1v) is 7.47. The summed E-state index contributed by atoms with van der Waals surface area (Å²) in [5.74, 6) is 0.114. The summed E-state index contributed by atoms with van der Waals surface area (Å²) in [7, 11) is 0. The van der Waals surface area contributed by atoms with Gasteiger partial charge in [0, 0.05) is 29.9 Å². The molecular formula is C15H13N3OS. The molecule has 0 saturated carbocycles. The third kappa shape index (κ3) is 1.82. The molecular weight excluding hydrogens is 270 g/mol. The maximum atomic E-state index is 12.5. The molecule has 4 rings (SSSR count). The number of thiazole rings is 1. The van der Waals surface area contributed by atoms with Crippen molar-refractivity contribution >= 4 is 22.2 Å². The van der Waals surface area contributed by atoms with E-state index < -0.39 is 0 Å². The van der Waals surface area contributed by atoms with Gasteiger partial charge in [0.1, 0.15) is 0 Å². The van der Waals surface area contributed by atoms with Crippen molar-refractivity contribution in [3.63, 3.8) is 0 Å². The second-order valence-electron chi connectivity index (χ2n) is 4.96. The van der Waals surface area contributed by atoms with E-state index in [9.17, 15) is 4.79 Å². The number of rotatable bonds is 2. The molecule has 3 aromatic rings. The predicted octanol–water partition coefficient (Wildman–Crippen LogP) is 2.59. The number of fused-ring (bicyclic) bond motifs is 2. The second-order valence-corrected chi connectivity index (χ2v) is 5.83. The Hall–Kier alpha value is -2.14. The van der Waals surface area contributed by atoms with Gasteiger partial charge >= 0.3 is 0 Å². The first kappa shape index (κ1) is 11.7. The van der Waals surface area contributed by atoms with Gasteiger partial charge in [-0.15, -0.1) is 11.3 Å². The van der Waals surface area contributed by atoms with Crippen LogP contribution < -0.4 is 0 Å². The Morgan fingerprint density at radius 1 is 1.30 bits per heavy atom. The van der Waals surface area contributed by atoms with Gasteiger partial charge in [-0.2, -0.15) is 0 Å². The predicted molar refractivity (Wildman–Crippen MR) is 78.0 cm³/mol. The molecule has 0 fully saturated rings. The summed E-state index contributed by atoms with van der Waals surface area (Å²) in [5, 5.41) is 2.01. The largest absolute Gasteiger partial charge is 0.332 e. The van der Waals surface area contributed by atoms with E-state index in [2.05, 4.69) is 4.98 Å². The van der Waals surface area contributed by atoms with Crippen LogP contribution in [0.4, 0.5) is 0 Å². The zero-order chi connectivity index (χ0) is 13.5. The first-order valence-electron chi connectivity index (χ1n) is 6.59. The SMILES string of the molecule is O=C1c2ccccc2CCN1Cc1cn2ccsc2n1. The van der Waals surface area contributed by atoms with E-state index in [0.29, 0.717) is 6.54 Å². The maximum absolute atomic E-state index is 12.5. The molecule has 0 atom stereocenters. The molecule has 1 aromatic carbocycles. The van der Waals surface area contributed by atoms with Crippen molar-refractivity contribution in [3.05, 3.63) is 58.9 Å². The van der Waals surface area contributed by atoms with Crippen molar-refractivity contribution in [2.45, 2.75) is 13.0 Å². The highest BCUT2D eigenvalue weighted by molar-refractivity contribution is 7.15. The lowest BCUT2D eigenvalue weighted by molar-refractivity contribution is 0.0725. The molecule has 0 unspecified atom stereocenters. The lowest BCUT2D eigenvalue weighted by Crippen LogP contribution is -2.37. The Kier molecular flexibility index (Phi) is 2.60. The summed E-state index contributed by atoms with van der Waals surface area (Å²) in [6.45, 7) is 1.35. The minimum atomic E-state index is 0.114. The summed E-state index contributed by atoms with van der Waals surface area (Å²) in [4.78, 5) is 19.9. The molecule has 5 heteroatoms. The van der Waals surface area contributed by atoms with E-state index in [1.165, 1.54) is 0 Å². The van der Waals surface area contributed by atoms with Crippen molar-refractivity contribution in [1.82, 2.24) is 14.3 Å². The monoisotopic (exact) mass is 283 g/mol. The number of amides is 1. The molecule has 1 amide bonds. The van der Waals surface area contributed by atoms with Gasteiger partial charge < -0.3 is 4.90 Å². The van der Waals surface area contributed by atoms with Gasteiger partial charge in [-0.3, -0.25) is 9.20 Å². The van der Waals surface area contributed by atoms with Crippen LogP contribution in [0.3, 0.4) is 0 Å². The van der Waals surface area contributed by atoms with Gasteiger partial charge in [-0.25, -0.2) is 4.98 Å². The zero-order valence-electron chi connectivity index (χ0n) is 10.8. The van der Waals surface area contributed by atoms with Gasteiger partial charge in [0.25, 0.3) is 5.91 Å². The number of nitrogens with zero attached hydrogens (tertiary/aromatic N) is 3. The highest BCUT2D eigenvalue weighted by Gasteiger charge is 2.24. The van der Waals surface area contributed by atoms with Gasteiger partial charge in [-0.1, -0.05) is 18.2 Å². The van der Waals surface area contributed by atoms with Crippen LogP contribution in [-0.4, -0.2) is 26.7 Å². The molecule has 100 valence electrons. The lowest BCUT2D eigenvalue weighted by atomic mass is 9.99. The van der Waals surface area contributed by atoms with E-state index in [0.717, 1.165) is 34.7 Å². The van der Waals surface area contributed by atoms with Crippen LogP contribution in [0.25, 0.3) is 4.96 Å². The molecule has 0 spiro atoms. The molecule has 0 aliphatic carbocycles. The average molecular weight is 283 g/mol. The third-order valence-corrected chi connectivity index (χ3v) is 4.45. The van der Waals surface area contributed by atoms with E-state index in [1.54, 1.807) is 11.3 Å². The van der Waals surface area contributed by atoms with Crippen molar-refractivity contribution in [3.8, 4) is 0 Å². The summed E-state index contributed by atoms with van der Waals surface area (Å²) < 4.78 is 2.00. The van der Waals surface area contributed by atoms with Crippen LogP contribution in [0.2, 0.25) is 0 Å². The van der Waals surface area contributed by atoms with Crippen LogP contribution in [-0.2, 0) is 13.0 Å². The molecule has 0 N–H and O–H groups in total. The number of benzene rings is 1. The van der Waals surface area contributed by atoms with Crippen LogP contribution in [0.1, 0.15) is 21.6 Å². The van der Waals surface area contributed by atoms with E-state index in [1.807, 2.05) is 51.3 Å². The van der Waals surface area contributed by atoms with Crippen molar-refractivity contribution < 1.29 is 4.79 Å². The second kappa shape index (κ2) is 4.45. The Labute approximate surface area is 120 Å². The van der Waals surface area contributed by atoms with Crippen LogP contribution in [0, 0.1) is 0 Å². The zero-order valence-corrected chi connectivity index (χ0v) is 11.6. The summed E-state index contributed by atoms with van der Waals surface area (Å²) in [5.41, 5.74) is 2.93. The summed E-state index contributed by atoms with van der Waals surface area (Å²) in [6, 6.07) is 7.87. The molecule has 3 heterocycles. The fourth-order valence-electron chi connectivity index (χ4n) is 2.67. The molecule has 0 saturated heterocycles. The number of carbonyl (C=O) groups is 1. The Bertz CT molecular complexity index is 761. The Morgan fingerprint density at radius 3 is 3.10 bits per heavy atom. The Morgan fingerprint density at radius 2 is 2.20 bits per heavy atom. The molecule has 0 bridgehead atoms. The number of hydrogen-bond acceptors (Lipinski definition) is 3. The van der Waals surface area contributed by atoms with Crippen LogP contribution >= 0.6 is 11.3 Å². The van der Waals surface area contributed by atoms with Crippen molar-refractivity contribution in [1.29, 1.82) is 0 Å². The van der Waals surface area contributed by atoms with Crippen LogP contribution in [0.15, 0.2) is 42.0 Å². The topological polar surface area (TPSA) is 37.6 Å². The number of aromatic nitrogens is 2. The summed E-state index contributed by atoms with van der Waals surface area (Å²) in [6.07, 6.45) is 4.91. The maximum Gasteiger partial charge on any atom is 0.254 e. The fourth-order valence-corrected chi connectivity index (χ4v) is 3.39. The minimum Gasteiger partial charge on any atom is -0.332 e. The van der Waals surface area contributed by atoms with Gasteiger partial charge in [0.15, 0.2) is 4.96 Å². The van der Waals surface area contributed by atoms with Gasteiger partial charge in [-0.05, 0) is 18.1 Å². The molecule has 2 aromatic heterocycles. The molecule has 1 aliphatic heterocycles. The normalized spacial score (nSPS) is 14.8. The summed E-state index contributed by atoms with van der Waals surface area (Å²) >= 11 is 1.61. The number of imidazole rings is 1. The Balaban J connectivity index is 1.61. The number of carbonyl (C=O) groups excluding carboxylic acids is 1. The molecule has 20 heavy (non-hydrogen) atoms. The first-order chi connectivity index (χ1) is 9.81. The quantitative estimate of drug-likeness (QED) is 0.725. The highest BCUT2D eigenvalue weighted by atomic mass is 32.1. The minimum absolute atomic E-state index is 0.114. The molecule has 1 aliphatic rings. The van der Waals surface area contributed by atoms with Crippen LogP contribution in [0.5, 0.6) is 0 Å². The van der Waals surface area contributed by atoms with E-state index in [-0.39, 0.29) is 5.91 Å². The van der Waals surface area contributed by atoms with Gasteiger partial charge in [0.05, 0.1) is 12.2 Å². The number of hydrogen-bond donors (Lipinski definition) is 0. The molecule has 0 radical (unpaired) electrons. The highest BCUT2D eigenvalue weighted by Crippen LogP contribution is 2.21. The van der Waals surface area contributed by atoms with Gasteiger partial charge in [0.2, 0.25) is 0 Å². The van der Waals surface area contributed by atoms with E-state index >= 15 is 0 Å². The molecule has 4 nitrogen and oxygen atoms in total. The average Bonchev–Trinajstić information content (AvgIpc) is 3.03. The third-order valence-electron chi connectivity index (χ3n) is 3.68. The van der Waals surface area contributed by atoms with E-state index in [4.69, 9.17) is 0 Å². The fraction of sp³-hybridized carbons (Fsp3) is 0.200. The standard InChI is InChI=1S/C15H13N3OS/c19-14-13-4-2-1-3-11(13)5-6-17(14)9-12-10-18-7-8-20-15(18)16-12/h1-4,7-8,10H,5-6,9H2. The van der Waals surface area contributed by atoms with Crippen molar-refractivity contribution in [2.75, 3.05) is 6.54 Å². The van der Waals surface area contributed by atoms with Crippen molar-refractivity contribution in [2.24, 2.45) is 0 Å². The lowest BCUT2D eigenvalue weighted by Gasteiger charge is -2.27.